The molecule has 0 aliphatic rings. The van der Waals surface area contributed by atoms with Crippen molar-refractivity contribution in [3.8, 4) is 11.3 Å². The number of benzene rings is 2. The van der Waals surface area contributed by atoms with Gasteiger partial charge >= 0.3 is 0 Å². The monoisotopic (exact) mass is 394 g/mol. The van der Waals surface area contributed by atoms with E-state index in [2.05, 4.69) is 10.5 Å². The Morgan fingerprint density at radius 1 is 1.18 bits per heavy atom. The van der Waals surface area contributed by atoms with Crippen molar-refractivity contribution in [3.05, 3.63) is 76.7 Å². The maximum atomic E-state index is 12.9. The second kappa shape index (κ2) is 7.52. The van der Waals surface area contributed by atoms with E-state index in [9.17, 15) is 4.79 Å². The molecule has 28 heavy (non-hydrogen) atoms. The molecule has 0 saturated heterocycles. The normalized spacial score (nSPS) is 12.2. The van der Waals surface area contributed by atoms with E-state index in [0.717, 1.165) is 16.7 Å². The largest absolute Gasteiger partial charge is 0.461 e. The summed E-state index contributed by atoms with van der Waals surface area (Å²) in [6, 6.07) is 16.9. The van der Waals surface area contributed by atoms with E-state index in [4.69, 9.17) is 20.5 Å². The number of carbonyl (C=O) groups excluding carboxylic acids is 1. The van der Waals surface area contributed by atoms with E-state index in [1.54, 1.807) is 13.0 Å². The minimum atomic E-state index is -0.253. The van der Waals surface area contributed by atoms with Crippen LogP contribution in [0.2, 0.25) is 5.02 Å². The molecule has 1 N–H and O–H groups in total. The van der Waals surface area contributed by atoms with Gasteiger partial charge in [-0.1, -0.05) is 53.2 Å². The molecule has 0 radical (unpaired) electrons. The van der Waals surface area contributed by atoms with Gasteiger partial charge in [0.05, 0.1) is 5.02 Å². The van der Waals surface area contributed by atoms with Gasteiger partial charge in [-0.05, 0) is 32.0 Å². The highest BCUT2D eigenvalue weighted by molar-refractivity contribution is 6.33. The summed E-state index contributed by atoms with van der Waals surface area (Å²) in [4.78, 5) is 12.9. The highest BCUT2D eigenvalue weighted by atomic mass is 35.5. The van der Waals surface area contributed by atoms with Crippen LogP contribution in [0.4, 0.5) is 0 Å². The molecule has 1 amide bonds. The van der Waals surface area contributed by atoms with Gasteiger partial charge in [-0.3, -0.25) is 4.79 Å². The molecule has 0 aliphatic carbocycles. The van der Waals surface area contributed by atoms with Crippen LogP contribution in [0, 0.1) is 6.92 Å². The molecule has 4 rings (SSSR count). The Bertz CT molecular complexity index is 1110. The first-order valence-corrected chi connectivity index (χ1v) is 9.40. The van der Waals surface area contributed by atoms with Crippen LogP contribution in [0.25, 0.3) is 22.2 Å². The quantitative estimate of drug-likeness (QED) is 0.491. The molecule has 0 saturated carbocycles. The molecule has 5 nitrogen and oxygen atoms in total. The summed E-state index contributed by atoms with van der Waals surface area (Å²) in [5.41, 5.74) is 2.34. The minimum Gasteiger partial charge on any atom is -0.461 e. The van der Waals surface area contributed by atoms with Crippen LogP contribution >= 0.6 is 11.6 Å². The standard InChI is InChI=1S/C22H19ClN2O3/c1-13(11-16-12-15-7-3-6-10-19(15)27-16)24-22(26)20-14(2)28-25-21(20)17-8-4-5-9-18(17)23/h3-10,12-13H,11H2,1-2H3,(H,24,26)/t13-/m0/s1. The fourth-order valence-electron chi connectivity index (χ4n) is 3.26. The number of fused-ring (bicyclic) bond motifs is 1. The number of nitrogens with one attached hydrogen (secondary N) is 1. The van der Waals surface area contributed by atoms with Crippen LogP contribution in [0.5, 0.6) is 0 Å². The van der Waals surface area contributed by atoms with Crippen molar-refractivity contribution in [1.29, 1.82) is 0 Å². The molecular formula is C22H19ClN2O3. The maximum Gasteiger partial charge on any atom is 0.257 e. The van der Waals surface area contributed by atoms with E-state index in [1.165, 1.54) is 0 Å². The van der Waals surface area contributed by atoms with E-state index in [0.29, 0.717) is 34.0 Å². The number of aryl methyl sites for hydroxylation is 1. The van der Waals surface area contributed by atoms with Gasteiger partial charge in [0, 0.05) is 23.4 Å². The summed E-state index contributed by atoms with van der Waals surface area (Å²) in [5.74, 6) is 1.02. The number of carbonyl (C=O) groups is 1. The van der Waals surface area contributed by atoms with Crippen molar-refractivity contribution in [3.63, 3.8) is 0 Å². The lowest BCUT2D eigenvalue weighted by atomic mass is 10.0. The number of amides is 1. The molecule has 2 heterocycles. The molecule has 0 aliphatic heterocycles. The molecule has 2 aromatic carbocycles. The fraction of sp³-hybridized carbons (Fsp3) is 0.182. The summed E-state index contributed by atoms with van der Waals surface area (Å²) < 4.78 is 11.1. The summed E-state index contributed by atoms with van der Waals surface area (Å²) in [6.45, 7) is 3.65. The molecule has 0 bridgehead atoms. The van der Waals surface area contributed by atoms with E-state index < -0.39 is 0 Å². The third kappa shape index (κ3) is 3.53. The summed E-state index contributed by atoms with van der Waals surface area (Å²) in [6.07, 6.45) is 0.576. The van der Waals surface area contributed by atoms with Crippen LogP contribution in [0.15, 0.2) is 63.5 Å². The van der Waals surface area contributed by atoms with Gasteiger partial charge in [-0.25, -0.2) is 0 Å². The second-order valence-corrected chi connectivity index (χ2v) is 7.18. The first-order valence-electron chi connectivity index (χ1n) is 9.02. The number of furan rings is 1. The van der Waals surface area contributed by atoms with Crippen molar-refractivity contribution in [2.75, 3.05) is 0 Å². The second-order valence-electron chi connectivity index (χ2n) is 6.77. The summed E-state index contributed by atoms with van der Waals surface area (Å²) >= 11 is 6.27. The topological polar surface area (TPSA) is 68.3 Å². The van der Waals surface area contributed by atoms with Gasteiger partial charge in [-0.15, -0.1) is 0 Å². The Kier molecular flexibility index (Phi) is 4.92. The number of halogens is 1. The molecule has 6 heteroatoms. The van der Waals surface area contributed by atoms with Crippen molar-refractivity contribution in [2.45, 2.75) is 26.3 Å². The first-order chi connectivity index (χ1) is 13.5. The van der Waals surface area contributed by atoms with Gasteiger partial charge in [0.1, 0.15) is 28.4 Å². The van der Waals surface area contributed by atoms with Gasteiger partial charge in [0.2, 0.25) is 0 Å². The first kappa shape index (κ1) is 18.3. The number of rotatable bonds is 5. The third-order valence-electron chi connectivity index (χ3n) is 4.58. The predicted molar refractivity (Wildman–Crippen MR) is 109 cm³/mol. The maximum absolute atomic E-state index is 12.9. The molecule has 1 atom stereocenters. The van der Waals surface area contributed by atoms with Crippen LogP contribution < -0.4 is 5.32 Å². The Morgan fingerprint density at radius 3 is 2.71 bits per heavy atom. The van der Waals surface area contributed by atoms with Gasteiger partial charge in [0.15, 0.2) is 0 Å². The van der Waals surface area contributed by atoms with Crippen LogP contribution in [-0.2, 0) is 6.42 Å². The average Bonchev–Trinajstić information content (AvgIpc) is 3.24. The Balaban J connectivity index is 1.54. The summed E-state index contributed by atoms with van der Waals surface area (Å²) in [5, 5.41) is 8.61. The van der Waals surface area contributed by atoms with Crippen molar-refractivity contribution in [2.24, 2.45) is 0 Å². The Morgan fingerprint density at radius 2 is 1.93 bits per heavy atom. The lowest BCUT2D eigenvalue weighted by molar-refractivity contribution is 0.0938. The molecule has 0 fully saturated rings. The molecule has 142 valence electrons. The Hall–Kier alpha value is -3.05. The van der Waals surface area contributed by atoms with Gasteiger partial charge in [0.25, 0.3) is 5.91 Å². The number of hydrogen-bond donors (Lipinski definition) is 1. The van der Waals surface area contributed by atoms with Crippen molar-refractivity contribution >= 4 is 28.5 Å². The zero-order valence-electron chi connectivity index (χ0n) is 15.5. The molecular weight excluding hydrogens is 376 g/mol. The average molecular weight is 395 g/mol. The highest BCUT2D eigenvalue weighted by Gasteiger charge is 2.24. The predicted octanol–water partition coefficient (Wildman–Crippen LogP) is 5.41. The van der Waals surface area contributed by atoms with Crippen molar-refractivity contribution in [1.82, 2.24) is 10.5 Å². The SMILES string of the molecule is Cc1onc(-c2ccccc2Cl)c1C(=O)N[C@@H](C)Cc1cc2ccccc2o1. The van der Waals surface area contributed by atoms with E-state index in [-0.39, 0.29) is 11.9 Å². The zero-order valence-corrected chi connectivity index (χ0v) is 16.3. The number of para-hydroxylation sites is 1. The smallest absolute Gasteiger partial charge is 0.257 e. The lowest BCUT2D eigenvalue weighted by Gasteiger charge is -2.13. The minimum absolute atomic E-state index is 0.138. The van der Waals surface area contributed by atoms with Crippen LogP contribution in [-0.4, -0.2) is 17.1 Å². The number of hydrogen-bond acceptors (Lipinski definition) is 4. The number of nitrogens with zero attached hydrogens (tertiary/aromatic N) is 1. The Labute approximate surface area is 167 Å². The zero-order chi connectivity index (χ0) is 19.7. The van der Waals surface area contributed by atoms with Crippen molar-refractivity contribution < 1.29 is 13.7 Å². The lowest BCUT2D eigenvalue weighted by Crippen LogP contribution is -2.34. The van der Waals surface area contributed by atoms with Gasteiger partial charge in [-0.2, -0.15) is 0 Å². The van der Waals surface area contributed by atoms with E-state index in [1.807, 2.05) is 55.5 Å². The summed E-state index contributed by atoms with van der Waals surface area (Å²) in [7, 11) is 0. The fourth-order valence-corrected chi connectivity index (χ4v) is 3.49. The van der Waals surface area contributed by atoms with Gasteiger partial charge < -0.3 is 14.3 Å². The van der Waals surface area contributed by atoms with E-state index >= 15 is 0 Å². The molecule has 2 aromatic heterocycles. The molecule has 0 spiro atoms. The molecule has 4 aromatic rings. The number of aromatic nitrogens is 1. The van der Waals surface area contributed by atoms with Crippen LogP contribution in [0.1, 0.15) is 28.8 Å². The highest BCUT2D eigenvalue weighted by Crippen LogP contribution is 2.31. The third-order valence-corrected chi connectivity index (χ3v) is 4.91. The molecule has 0 unspecified atom stereocenters. The van der Waals surface area contributed by atoms with Crippen LogP contribution in [0.3, 0.4) is 0 Å².